The molecule has 0 amide bonds. The van der Waals surface area contributed by atoms with Crippen molar-refractivity contribution in [2.75, 3.05) is 19.7 Å². The highest BCUT2D eigenvalue weighted by Crippen LogP contribution is 2.23. The van der Waals surface area contributed by atoms with E-state index in [2.05, 4.69) is 25.1 Å². The Labute approximate surface area is 104 Å². The van der Waals surface area contributed by atoms with Gasteiger partial charge in [0, 0.05) is 0 Å². The summed E-state index contributed by atoms with van der Waals surface area (Å²) in [7, 11) is 0. The maximum Gasteiger partial charge on any atom is 0.122 e. The van der Waals surface area contributed by atoms with Gasteiger partial charge in [0.2, 0.25) is 0 Å². The molecule has 0 aliphatic carbocycles. The second-order valence-electron chi connectivity index (χ2n) is 4.27. The molecule has 1 aromatic rings. The molecule has 17 heavy (non-hydrogen) atoms. The quantitative estimate of drug-likeness (QED) is 0.758. The zero-order valence-corrected chi connectivity index (χ0v) is 10.9. The fourth-order valence-electron chi connectivity index (χ4n) is 1.88. The highest BCUT2D eigenvalue weighted by Gasteiger charge is 2.10. The van der Waals surface area contributed by atoms with Crippen molar-refractivity contribution in [1.29, 1.82) is 0 Å². The van der Waals surface area contributed by atoms with E-state index in [4.69, 9.17) is 16.2 Å². The van der Waals surface area contributed by atoms with Crippen molar-refractivity contribution >= 4 is 0 Å². The number of hydrogen-bond acceptors (Lipinski definition) is 3. The SMILES string of the molecule is CCOc1ccc(CC)cc1CC(CN)CN. The van der Waals surface area contributed by atoms with Gasteiger partial charge in [0.1, 0.15) is 5.75 Å². The highest BCUT2D eigenvalue weighted by molar-refractivity contribution is 5.37. The Morgan fingerprint density at radius 2 is 1.88 bits per heavy atom. The van der Waals surface area contributed by atoms with Crippen molar-refractivity contribution in [2.45, 2.75) is 26.7 Å². The molecule has 4 N–H and O–H groups in total. The highest BCUT2D eigenvalue weighted by atomic mass is 16.5. The lowest BCUT2D eigenvalue weighted by Gasteiger charge is -2.16. The van der Waals surface area contributed by atoms with E-state index >= 15 is 0 Å². The van der Waals surface area contributed by atoms with Crippen LogP contribution >= 0.6 is 0 Å². The van der Waals surface area contributed by atoms with Crippen LogP contribution in [0.1, 0.15) is 25.0 Å². The van der Waals surface area contributed by atoms with Gasteiger partial charge in [0.05, 0.1) is 6.61 Å². The van der Waals surface area contributed by atoms with Crippen molar-refractivity contribution in [3.8, 4) is 5.75 Å². The summed E-state index contributed by atoms with van der Waals surface area (Å²) in [6, 6.07) is 6.39. The molecule has 3 nitrogen and oxygen atoms in total. The first kappa shape index (κ1) is 14.0. The minimum Gasteiger partial charge on any atom is -0.494 e. The van der Waals surface area contributed by atoms with E-state index in [9.17, 15) is 0 Å². The van der Waals surface area contributed by atoms with Gasteiger partial charge in [-0.2, -0.15) is 0 Å². The summed E-state index contributed by atoms with van der Waals surface area (Å²) in [4.78, 5) is 0. The lowest BCUT2D eigenvalue weighted by atomic mass is 9.96. The number of hydrogen-bond donors (Lipinski definition) is 2. The lowest BCUT2D eigenvalue weighted by molar-refractivity contribution is 0.334. The maximum absolute atomic E-state index is 5.70. The summed E-state index contributed by atoms with van der Waals surface area (Å²) in [5.41, 5.74) is 14.0. The average molecular weight is 236 g/mol. The summed E-state index contributed by atoms with van der Waals surface area (Å²) in [6.07, 6.45) is 1.94. The minimum absolute atomic E-state index is 0.335. The molecule has 0 saturated carbocycles. The van der Waals surface area contributed by atoms with Gasteiger partial charge in [-0.3, -0.25) is 0 Å². The molecule has 1 aromatic carbocycles. The fourth-order valence-corrected chi connectivity index (χ4v) is 1.88. The van der Waals surface area contributed by atoms with Crippen molar-refractivity contribution in [3.05, 3.63) is 29.3 Å². The first-order valence-electron chi connectivity index (χ1n) is 6.39. The van der Waals surface area contributed by atoms with Gasteiger partial charge in [0.15, 0.2) is 0 Å². The van der Waals surface area contributed by atoms with Gasteiger partial charge >= 0.3 is 0 Å². The van der Waals surface area contributed by atoms with Crippen LogP contribution in [0.4, 0.5) is 0 Å². The molecular weight excluding hydrogens is 212 g/mol. The van der Waals surface area contributed by atoms with Crippen LogP contribution in [0.5, 0.6) is 5.75 Å². The predicted molar refractivity (Wildman–Crippen MR) is 72.3 cm³/mol. The third-order valence-electron chi connectivity index (χ3n) is 3.01. The van der Waals surface area contributed by atoms with Crippen molar-refractivity contribution in [1.82, 2.24) is 0 Å². The third-order valence-corrected chi connectivity index (χ3v) is 3.01. The molecule has 96 valence electrons. The van der Waals surface area contributed by atoms with Crippen molar-refractivity contribution in [2.24, 2.45) is 17.4 Å². The van der Waals surface area contributed by atoms with Crippen LogP contribution in [0.2, 0.25) is 0 Å². The van der Waals surface area contributed by atoms with E-state index < -0.39 is 0 Å². The number of aryl methyl sites for hydroxylation is 1. The minimum atomic E-state index is 0.335. The van der Waals surface area contributed by atoms with Gasteiger partial charge in [0.25, 0.3) is 0 Å². The summed E-state index contributed by atoms with van der Waals surface area (Å²) < 4.78 is 5.64. The predicted octanol–water partition coefficient (Wildman–Crippen LogP) is 1.72. The molecule has 0 aliphatic rings. The number of benzene rings is 1. The molecule has 0 aliphatic heterocycles. The lowest BCUT2D eigenvalue weighted by Crippen LogP contribution is -2.25. The second-order valence-corrected chi connectivity index (χ2v) is 4.27. The Morgan fingerprint density at radius 3 is 2.41 bits per heavy atom. The van der Waals surface area contributed by atoms with Crippen LogP contribution in [-0.4, -0.2) is 19.7 Å². The molecule has 0 spiro atoms. The Hall–Kier alpha value is -1.06. The van der Waals surface area contributed by atoms with Gasteiger partial charge in [-0.25, -0.2) is 0 Å². The second kappa shape index (κ2) is 7.30. The molecule has 0 aromatic heterocycles. The third kappa shape index (κ3) is 4.02. The molecular formula is C14H24N2O. The Balaban J connectivity index is 2.91. The smallest absolute Gasteiger partial charge is 0.122 e. The van der Waals surface area contributed by atoms with Crippen LogP contribution < -0.4 is 16.2 Å². The van der Waals surface area contributed by atoms with E-state index in [1.165, 1.54) is 11.1 Å². The zero-order chi connectivity index (χ0) is 12.7. The van der Waals surface area contributed by atoms with Crippen LogP contribution in [0, 0.1) is 5.92 Å². The van der Waals surface area contributed by atoms with Gasteiger partial charge in [-0.05, 0) is 56.0 Å². The van der Waals surface area contributed by atoms with Crippen LogP contribution in [0.15, 0.2) is 18.2 Å². The molecule has 0 bridgehead atoms. The van der Waals surface area contributed by atoms with E-state index in [0.717, 1.165) is 18.6 Å². The summed E-state index contributed by atoms with van der Waals surface area (Å²) in [5, 5.41) is 0. The fraction of sp³-hybridized carbons (Fsp3) is 0.571. The standard InChI is InChI=1S/C14H24N2O/c1-3-11-5-6-14(17-4-2)13(7-11)8-12(9-15)10-16/h5-7,12H,3-4,8-10,15-16H2,1-2H3. The molecule has 0 heterocycles. The number of nitrogens with two attached hydrogens (primary N) is 2. The van der Waals surface area contributed by atoms with Crippen LogP contribution in [-0.2, 0) is 12.8 Å². The largest absolute Gasteiger partial charge is 0.494 e. The Morgan fingerprint density at radius 1 is 1.18 bits per heavy atom. The Kier molecular flexibility index (Phi) is 6.01. The number of rotatable bonds is 7. The monoisotopic (exact) mass is 236 g/mol. The first-order valence-corrected chi connectivity index (χ1v) is 6.39. The molecule has 0 fully saturated rings. The molecule has 0 unspecified atom stereocenters. The normalized spacial score (nSPS) is 10.9. The van der Waals surface area contributed by atoms with Gasteiger partial charge in [-0.15, -0.1) is 0 Å². The molecule has 0 saturated heterocycles. The summed E-state index contributed by atoms with van der Waals surface area (Å²) in [6.45, 7) is 6.09. The zero-order valence-electron chi connectivity index (χ0n) is 10.9. The Bertz CT molecular complexity index is 335. The average Bonchev–Trinajstić information content (AvgIpc) is 2.37. The molecule has 3 heteroatoms. The molecule has 0 radical (unpaired) electrons. The maximum atomic E-state index is 5.70. The van der Waals surface area contributed by atoms with Crippen molar-refractivity contribution < 1.29 is 4.74 Å². The number of ether oxygens (including phenoxy) is 1. The topological polar surface area (TPSA) is 61.3 Å². The van der Waals surface area contributed by atoms with E-state index in [0.29, 0.717) is 25.6 Å². The van der Waals surface area contributed by atoms with Gasteiger partial charge in [-0.1, -0.05) is 19.1 Å². The van der Waals surface area contributed by atoms with Gasteiger partial charge < -0.3 is 16.2 Å². The van der Waals surface area contributed by atoms with E-state index in [1.807, 2.05) is 6.92 Å². The summed E-state index contributed by atoms with van der Waals surface area (Å²) in [5.74, 6) is 1.30. The first-order chi connectivity index (χ1) is 8.24. The van der Waals surface area contributed by atoms with Crippen LogP contribution in [0.3, 0.4) is 0 Å². The van der Waals surface area contributed by atoms with Crippen LogP contribution in [0.25, 0.3) is 0 Å². The van der Waals surface area contributed by atoms with E-state index in [1.54, 1.807) is 0 Å². The summed E-state index contributed by atoms with van der Waals surface area (Å²) >= 11 is 0. The molecule has 1 rings (SSSR count). The van der Waals surface area contributed by atoms with Crippen molar-refractivity contribution in [3.63, 3.8) is 0 Å². The molecule has 0 atom stereocenters. The van der Waals surface area contributed by atoms with E-state index in [-0.39, 0.29) is 0 Å².